The molecule has 3 rings (SSSR count). The Balaban J connectivity index is 1.87. The lowest BCUT2D eigenvalue weighted by Gasteiger charge is -2.27. The molecule has 1 aliphatic heterocycles. The predicted molar refractivity (Wildman–Crippen MR) is 92.5 cm³/mol. The highest BCUT2D eigenvalue weighted by Crippen LogP contribution is 2.19. The van der Waals surface area contributed by atoms with Gasteiger partial charge in [0.15, 0.2) is 9.84 Å². The van der Waals surface area contributed by atoms with Crippen LogP contribution in [0.2, 0.25) is 0 Å². The molecular weight excluding hydrogens is 328 g/mol. The molecule has 8 heteroatoms. The van der Waals surface area contributed by atoms with Gasteiger partial charge in [-0.15, -0.1) is 5.10 Å². The molecule has 1 saturated heterocycles. The molecule has 1 fully saturated rings. The molecule has 0 aliphatic carbocycles. The summed E-state index contributed by atoms with van der Waals surface area (Å²) >= 11 is 0. The van der Waals surface area contributed by atoms with Crippen molar-refractivity contribution in [1.29, 1.82) is 0 Å². The molecule has 0 spiro atoms. The lowest BCUT2D eigenvalue weighted by molar-refractivity contribution is 0.148. The van der Waals surface area contributed by atoms with Crippen molar-refractivity contribution in [2.75, 3.05) is 18.1 Å². The first kappa shape index (κ1) is 17.0. The van der Waals surface area contributed by atoms with Crippen LogP contribution in [0.1, 0.15) is 26.2 Å². The zero-order valence-corrected chi connectivity index (χ0v) is 14.6. The third-order valence-electron chi connectivity index (χ3n) is 4.47. The first-order chi connectivity index (χ1) is 11.5. The molecule has 2 aromatic rings. The molecule has 0 saturated carbocycles. The van der Waals surface area contributed by atoms with E-state index in [4.69, 9.17) is 0 Å². The van der Waals surface area contributed by atoms with Gasteiger partial charge in [0, 0.05) is 12.6 Å². The zero-order chi connectivity index (χ0) is 17.2. The fourth-order valence-electron chi connectivity index (χ4n) is 3.08. The van der Waals surface area contributed by atoms with Crippen LogP contribution in [0.3, 0.4) is 0 Å². The van der Waals surface area contributed by atoms with Crippen molar-refractivity contribution in [2.24, 2.45) is 0 Å². The number of rotatable bonds is 6. The highest BCUT2D eigenvalue weighted by Gasteiger charge is 2.32. The average Bonchev–Trinajstić information content (AvgIpc) is 2.93. The summed E-state index contributed by atoms with van der Waals surface area (Å²) in [5, 5.41) is 8.65. The first-order valence-corrected chi connectivity index (χ1v) is 10.1. The van der Waals surface area contributed by atoms with Gasteiger partial charge >= 0.3 is 0 Å². The number of fused-ring (bicyclic) bond motifs is 1. The number of hydrogen-bond acceptors (Lipinski definition) is 6. The summed E-state index contributed by atoms with van der Waals surface area (Å²) in [6, 6.07) is 7.05. The second-order valence-electron chi connectivity index (χ2n) is 6.28. The van der Waals surface area contributed by atoms with E-state index >= 15 is 0 Å². The first-order valence-electron chi connectivity index (χ1n) is 8.27. The third-order valence-corrected chi connectivity index (χ3v) is 6.22. The summed E-state index contributed by atoms with van der Waals surface area (Å²) in [6.07, 6.45) is 2.57. The molecule has 1 atom stereocenters. The third kappa shape index (κ3) is 3.64. The van der Waals surface area contributed by atoms with Gasteiger partial charge in [-0.2, -0.15) is 4.68 Å². The largest absolute Gasteiger partial charge is 0.280 e. The van der Waals surface area contributed by atoms with Gasteiger partial charge < -0.3 is 0 Å². The Bertz CT molecular complexity index is 878. The minimum absolute atomic E-state index is 0.0540. The summed E-state index contributed by atoms with van der Waals surface area (Å²) in [5.41, 5.74) is 0.380. The van der Waals surface area contributed by atoms with Crippen LogP contribution in [-0.2, 0) is 16.5 Å². The summed E-state index contributed by atoms with van der Waals surface area (Å²) in [5.74, 6) is 0.380. The lowest BCUT2D eigenvalue weighted by atomic mass is 10.2. The van der Waals surface area contributed by atoms with Crippen molar-refractivity contribution in [3.05, 3.63) is 34.6 Å². The van der Waals surface area contributed by atoms with E-state index < -0.39 is 9.84 Å². The highest BCUT2D eigenvalue weighted by atomic mass is 32.2. The Morgan fingerprint density at radius 1 is 1.33 bits per heavy atom. The molecule has 1 aromatic heterocycles. The van der Waals surface area contributed by atoms with Gasteiger partial charge in [-0.25, -0.2) is 8.42 Å². The van der Waals surface area contributed by atoms with Crippen molar-refractivity contribution in [3.63, 3.8) is 0 Å². The maximum atomic E-state index is 12.6. The Morgan fingerprint density at radius 2 is 2.12 bits per heavy atom. The molecule has 24 heavy (non-hydrogen) atoms. The number of nitrogens with zero attached hydrogens (tertiary/aromatic N) is 4. The molecule has 7 nitrogen and oxygen atoms in total. The Labute approximate surface area is 141 Å². The van der Waals surface area contributed by atoms with E-state index in [0.717, 1.165) is 19.4 Å². The van der Waals surface area contributed by atoms with Crippen LogP contribution in [0.4, 0.5) is 0 Å². The molecule has 0 bridgehead atoms. The van der Waals surface area contributed by atoms with Crippen LogP contribution in [0.25, 0.3) is 10.9 Å². The molecular formula is C16H22N4O3S. The van der Waals surface area contributed by atoms with Gasteiger partial charge in [0.1, 0.15) is 5.52 Å². The number of sulfone groups is 1. The minimum Gasteiger partial charge on any atom is -0.280 e. The zero-order valence-electron chi connectivity index (χ0n) is 13.8. The number of benzene rings is 1. The minimum atomic E-state index is -2.97. The monoisotopic (exact) mass is 350 g/mol. The van der Waals surface area contributed by atoms with Crippen LogP contribution < -0.4 is 5.56 Å². The SMILES string of the molecule is CCCCN(Cn1nnc2ccccc2c1=O)[C@H]1CCS(=O)(=O)C1. The second kappa shape index (κ2) is 6.98. The number of unbranched alkanes of at least 4 members (excludes halogenated alkanes) is 1. The molecule has 1 aliphatic rings. The van der Waals surface area contributed by atoms with Crippen LogP contribution in [0.5, 0.6) is 0 Å². The standard InChI is InChI=1S/C16H22N4O3S/c1-2-3-9-19(13-8-10-24(22,23)11-13)12-20-16(21)14-6-4-5-7-15(14)17-18-20/h4-7,13H,2-3,8-12H2,1H3/t13-/m0/s1. The molecule has 0 amide bonds. The van der Waals surface area contributed by atoms with Crippen molar-refractivity contribution >= 4 is 20.7 Å². The van der Waals surface area contributed by atoms with E-state index in [1.807, 2.05) is 6.07 Å². The van der Waals surface area contributed by atoms with Gasteiger partial charge in [-0.3, -0.25) is 9.69 Å². The number of hydrogen-bond donors (Lipinski definition) is 0. The van der Waals surface area contributed by atoms with Crippen molar-refractivity contribution in [3.8, 4) is 0 Å². The quantitative estimate of drug-likeness (QED) is 0.774. The Kier molecular flexibility index (Phi) is 4.96. The van der Waals surface area contributed by atoms with E-state index in [2.05, 4.69) is 22.1 Å². The van der Waals surface area contributed by atoms with Crippen molar-refractivity contribution < 1.29 is 8.42 Å². The Hall–Kier alpha value is -1.80. The Morgan fingerprint density at radius 3 is 2.83 bits per heavy atom. The smallest absolute Gasteiger partial charge is 0.278 e. The summed E-state index contributed by atoms with van der Waals surface area (Å²) < 4.78 is 24.9. The summed E-state index contributed by atoms with van der Waals surface area (Å²) in [4.78, 5) is 14.6. The van der Waals surface area contributed by atoms with Crippen LogP contribution in [0.15, 0.2) is 29.1 Å². The predicted octanol–water partition coefficient (Wildman–Crippen LogP) is 1.04. The van der Waals surface area contributed by atoms with E-state index in [9.17, 15) is 13.2 Å². The molecule has 0 N–H and O–H groups in total. The van der Waals surface area contributed by atoms with E-state index in [1.165, 1.54) is 4.68 Å². The molecule has 0 unspecified atom stereocenters. The van der Waals surface area contributed by atoms with Gasteiger partial charge in [0.05, 0.1) is 23.6 Å². The van der Waals surface area contributed by atoms with E-state index in [1.54, 1.807) is 18.2 Å². The van der Waals surface area contributed by atoms with Crippen LogP contribution in [0, 0.1) is 0 Å². The molecule has 2 heterocycles. The normalized spacial score (nSPS) is 20.0. The molecule has 1 aromatic carbocycles. The number of aromatic nitrogens is 3. The lowest BCUT2D eigenvalue weighted by Crippen LogP contribution is -2.42. The van der Waals surface area contributed by atoms with Gasteiger partial charge in [0.25, 0.3) is 5.56 Å². The fraction of sp³-hybridized carbons (Fsp3) is 0.562. The maximum Gasteiger partial charge on any atom is 0.278 e. The van der Waals surface area contributed by atoms with E-state index in [0.29, 0.717) is 17.3 Å². The second-order valence-corrected chi connectivity index (χ2v) is 8.50. The average molecular weight is 350 g/mol. The molecule has 0 radical (unpaired) electrons. The van der Waals surface area contributed by atoms with Gasteiger partial charge in [0.2, 0.25) is 0 Å². The van der Waals surface area contributed by atoms with Gasteiger partial charge in [-0.05, 0) is 25.0 Å². The topological polar surface area (TPSA) is 85.2 Å². The van der Waals surface area contributed by atoms with E-state index in [-0.39, 0.29) is 29.8 Å². The van der Waals surface area contributed by atoms with Crippen molar-refractivity contribution in [2.45, 2.75) is 38.9 Å². The van der Waals surface area contributed by atoms with Crippen molar-refractivity contribution in [1.82, 2.24) is 19.9 Å². The van der Waals surface area contributed by atoms with Crippen LogP contribution >= 0.6 is 0 Å². The van der Waals surface area contributed by atoms with Gasteiger partial charge in [-0.1, -0.05) is 30.7 Å². The summed E-state index contributed by atoms with van der Waals surface area (Å²) in [6.45, 7) is 3.11. The maximum absolute atomic E-state index is 12.6. The highest BCUT2D eigenvalue weighted by molar-refractivity contribution is 7.91. The molecule has 130 valence electrons. The fourth-order valence-corrected chi connectivity index (χ4v) is 4.84. The van der Waals surface area contributed by atoms with Crippen LogP contribution in [-0.4, -0.2) is 52.4 Å². The summed E-state index contributed by atoms with van der Waals surface area (Å²) in [7, 11) is -2.97.